The van der Waals surface area contributed by atoms with Crippen LogP contribution < -0.4 is 19.9 Å². The topological polar surface area (TPSA) is 79.0 Å². The van der Waals surface area contributed by atoms with Crippen LogP contribution in [0.3, 0.4) is 0 Å². The maximum absolute atomic E-state index is 14.4. The average molecular weight is 804 g/mol. The predicted octanol–water partition coefficient (Wildman–Crippen LogP) is 9.33. The fourth-order valence-corrected chi connectivity index (χ4v) is 8.16. The van der Waals surface area contributed by atoms with Crippen LogP contribution in [0.25, 0.3) is 6.08 Å². The third-order valence-corrected chi connectivity index (χ3v) is 11.0. The monoisotopic (exact) mass is 801 g/mol. The Labute approximate surface area is 313 Å². The van der Waals surface area contributed by atoms with E-state index >= 15 is 0 Å². The van der Waals surface area contributed by atoms with Crippen molar-refractivity contribution in [2.24, 2.45) is 0 Å². The highest BCUT2D eigenvalue weighted by Gasteiger charge is 2.40. The number of benzene rings is 5. The summed E-state index contributed by atoms with van der Waals surface area (Å²) in [7, 11) is 0. The molecule has 51 heavy (non-hydrogen) atoms. The maximum Gasteiger partial charge on any atom is 0.335 e. The highest BCUT2D eigenvalue weighted by atomic mass is 79.9. The zero-order valence-electron chi connectivity index (χ0n) is 27.5. The lowest BCUT2D eigenvalue weighted by molar-refractivity contribution is -0.122. The van der Waals surface area contributed by atoms with Crippen LogP contribution in [0.1, 0.15) is 58.1 Å². The predicted molar refractivity (Wildman–Crippen MR) is 206 cm³/mol. The Balaban J connectivity index is 1.21. The van der Waals surface area contributed by atoms with Crippen molar-refractivity contribution in [2.45, 2.75) is 31.3 Å². The molecule has 3 aliphatic rings. The summed E-state index contributed by atoms with van der Waals surface area (Å²) in [6.07, 6.45) is 3.32. The Bertz CT molecular complexity index is 2120. The number of imide groups is 2. The van der Waals surface area contributed by atoms with Gasteiger partial charge in [-0.05, 0) is 89.2 Å². The van der Waals surface area contributed by atoms with Gasteiger partial charge in [0, 0.05) is 45.1 Å². The van der Waals surface area contributed by atoms with Gasteiger partial charge in [0.1, 0.15) is 17.9 Å². The summed E-state index contributed by atoms with van der Waals surface area (Å²) in [6, 6.07) is 37.2. The summed E-state index contributed by atoms with van der Waals surface area (Å²) in [4.78, 5) is 45.0. The molecule has 0 aliphatic carbocycles. The van der Waals surface area contributed by atoms with Gasteiger partial charge in [-0.15, -0.1) is 0 Å². The fraction of sp³-hybridized carbons (Fsp3) is 0.167. The number of nitrogens with zero attached hydrogens (tertiary/aromatic N) is 2. The fourth-order valence-electron chi connectivity index (χ4n) is 7.52. The first-order chi connectivity index (χ1) is 24.8. The van der Waals surface area contributed by atoms with Gasteiger partial charge >= 0.3 is 6.03 Å². The van der Waals surface area contributed by atoms with E-state index in [-0.39, 0.29) is 24.0 Å². The molecule has 0 unspecified atom stereocenters. The molecule has 8 rings (SSSR count). The second kappa shape index (κ2) is 14.0. The van der Waals surface area contributed by atoms with E-state index in [1.807, 2.05) is 78.9 Å². The summed E-state index contributed by atoms with van der Waals surface area (Å²) < 4.78 is 7.89. The summed E-state index contributed by atoms with van der Waals surface area (Å²) >= 11 is 6.98. The molecule has 4 amide bonds. The summed E-state index contributed by atoms with van der Waals surface area (Å²) in [5.74, 6) is -0.789. The second-order valence-electron chi connectivity index (χ2n) is 13.0. The average Bonchev–Trinajstić information content (AvgIpc) is 3.14. The van der Waals surface area contributed by atoms with E-state index in [0.29, 0.717) is 17.0 Å². The van der Waals surface area contributed by atoms with Crippen LogP contribution in [0.4, 0.5) is 16.2 Å². The third kappa shape index (κ3) is 6.52. The zero-order valence-corrected chi connectivity index (χ0v) is 30.7. The maximum atomic E-state index is 14.4. The van der Waals surface area contributed by atoms with E-state index in [2.05, 4.69) is 66.3 Å². The molecule has 1 saturated heterocycles. The van der Waals surface area contributed by atoms with Crippen molar-refractivity contribution in [2.75, 3.05) is 22.9 Å². The van der Waals surface area contributed by atoms with Gasteiger partial charge in [-0.25, -0.2) is 9.69 Å². The number of nitrogens with one attached hydrogen (secondary N) is 1. The lowest BCUT2D eigenvalue weighted by atomic mass is 9.76. The van der Waals surface area contributed by atoms with Crippen LogP contribution in [0.15, 0.2) is 130 Å². The van der Waals surface area contributed by atoms with Gasteiger partial charge in [0.25, 0.3) is 11.8 Å². The number of amides is 4. The number of rotatable bonds is 7. The molecule has 0 saturated carbocycles. The summed E-state index contributed by atoms with van der Waals surface area (Å²) in [5.41, 5.74) is 7.49. The summed E-state index contributed by atoms with van der Waals surface area (Å²) in [5, 5.41) is 2.44. The standard InChI is InChI=1S/C42H33Br2N3O4/c43-30-13-11-26(12-14-30)25-51-38-16-15-31(44)21-29(38)22-37-40(48)45-42(50)47(41(37)49)32-23-35-33(27-7-3-1-4-8-27)17-19-46-20-18-34(36(24-32)39(35)46)28-9-5-2-6-10-28/h1-16,21-24,33-34H,17-20,25H2,(H,45,48,50)/b37-22+/t33-,34-/m0/s1. The molecule has 9 heteroatoms. The van der Waals surface area contributed by atoms with E-state index in [9.17, 15) is 14.4 Å². The first kappa shape index (κ1) is 33.2. The number of hydrogen-bond donors (Lipinski definition) is 1. The molecule has 0 spiro atoms. The van der Waals surface area contributed by atoms with E-state index in [1.165, 1.54) is 22.9 Å². The quantitative estimate of drug-likeness (QED) is 0.131. The van der Waals surface area contributed by atoms with Crippen LogP contribution >= 0.6 is 31.9 Å². The zero-order chi connectivity index (χ0) is 35.1. The lowest BCUT2D eigenvalue weighted by Crippen LogP contribution is -2.54. The Kier molecular flexibility index (Phi) is 9.08. The van der Waals surface area contributed by atoms with Crippen molar-refractivity contribution < 1.29 is 19.1 Å². The molecule has 1 N–H and O–H groups in total. The number of barbiturate groups is 1. The van der Waals surface area contributed by atoms with Crippen molar-refractivity contribution in [3.63, 3.8) is 0 Å². The van der Waals surface area contributed by atoms with Crippen molar-refractivity contribution in [1.29, 1.82) is 0 Å². The van der Waals surface area contributed by atoms with Gasteiger partial charge in [-0.3, -0.25) is 14.9 Å². The number of halogens is 2. The van der Waals surface area contributed by atoms with Gasteiger partial charge in [0.2, 0.25) is 0 Å². The molecule has 1 fully saturated rings. The van der Waals surface area contributed by atoms with Crippen LogP contribution in [0.5, 0.6) is 5.75 Å². The van der Waals surface area contributed by atoms with E-state index < -0.39 is 17.8 Å². The minimum Gasteiger partial charge on any atom is -0.488 e. The van der Waals surface area contributed by atoms with Gasteiger partial charge in [0.15, 0.2) is 0 Å². The second-order valence-corrected chi connectivity index (χ2v) is 14.9. The number of urea groups is 1. The minimum atomic E-state index is -0.772. The number of ether oxygens (including phenoxy) is 1. The van der Waals surface area contributed by atoms with Crippen LogP contribution in [0, 0.1) is 0 Å². The highest BCUT2D eigenvalue weighted by molar-refractivity contribution is 9.10. The first-order valence-corrected chi connectivity index (χ1v) is 18.5. The SMILES string of the molecule is O=C1NC(=O)N(c2cc3c4c(c2)[C@H](c2ccccc2)CCN4CC[C@H]3c2ccccc2)C(=O)/C1=C/c1cc(Br)ccc1OCc1ccc(Br)cc1. The van der Waals surface area contributed by atoms with Crippen molar-refractivity contribution in [3.8, 4) is 5.75 Å². The molecule has 5 aromatic carbocycles. The van der Waals surface area contributed by atoms with E-state index in [4.69, 9.17) is 4.74 Å². The van der Waals surface area contributed by atoms with Crippen molar-refractivity contribution >= 4 is 67.2 Å². The Morgan fingerprint density at radius 1 is 0.725 bits per heavy atom. The van der Waals surface area contributed by atoms with Crippen molar-refractivity contribution in [1.82, 2.24) is 5.32 Å². The Hall–Kier alpha value is -4.99. The number of hydrogen-bond acceptors (Lipinski definition) is 5. The lowest BCUT2D eigenvalue weighted by Gasteiger charge is -2.44. The molecular formula is C42H33Br2N3O4. The first-order valence-electron chi connectivity index (χ1n) is 16.9. The van der Waals surface area contributed by atoms with Gasteiger partial charge < -0.3 is 9.64 Å². The summed E-state index contributed by atoms with van der Waals surface area (Å²) in [6.45, 7) is 2.13. The molecule has 3 heterocycles. The highest BCUT2D eigenvalue weighted by Crippen LogP contribution is 2.50. The third-order valence-electron chi connectivity index (χ3n) is 9.94. The smallest absolute Gasteiger partial charge is 0.335 e. The van der Waals surface area contributed by atoms with Gasteiger partial charge in [-0.2, -0.15) is 0 Å². The Morgan fingerprint density at radius 2 is 1.31 bits per heavy atom. The van der Waals surface area contributed by atoms with Crippen LogP contribution in [-0.2, 0) is 16.2 Å². The van der Waals surface area contributed by atoms with Crippen LogP contribution in [-0.4, -0.2) is 30.9 Å². The number of carbonyl (C=O) groups excluding carboxylic acids is 3. The molecule has 7 nitrogen and oxygen atoms in total. The number of carbonyl (C=O) groups is 3. The normalized spacial score (nSPS) is 19.2. The molecule has 5 aromatic rings. The van der Waals surface area contributed by atoms with Gasteiger partial charge in [0.05, 0.1) is 5.69 Å². The molecule has 0 bridgehead atoms. The molecule has 0 aromatic heterocycles. The molecule has 0 radical (unpaired) electrons. The largest absolute Gasteiger partial charge is 0.488 e. The van der Waals surface area contributed by atoms with E-state index in [1.54, 1.807) is 12.1 Å². The Morgan fingerprint density at radius 3 is 1.92 bits per heavy atom. The molecule has 3 aliphatic heterocycles. The minimum absolute atomic E-state index is 0.0809. The van der Waals surface area contributed by atoms with Gasteiger partial charge in [-0.1, -0.05) is 105 Å². The molecular weight excluding hydrogens is 770 g/mol. The molecule has 254 valence electrons. The van der Waals surface area contributed by atoms with Crippen molar-refractivity contribution in [3.05, 3.63) is 163 Å². The van der Waals surface area contributed by atoms with E-state index in [0.717, 1.165) is 56.5 Å². The van der Waals surface area contributed by atoms with Crippen LogP contribution in [0.2, 0.25) is 0 Å². The molecule has 2 atom stereocenters. The number of anilines is 2.